The molecule has 2 N–H and O–H groups in total. The molecule has 0 spiro atoms. The van der Waals surface area contributed by atoms with E-state index in [0.29, 0.717) is 32.5 Å². The Balaban J connectivity index is 1.76. The number of rotatable bonds is 4. The second-order valence-electron chi connectivity index (χ2n) is 5.95. The predicted octanol–water partition coefficient (Wildman–Crippen LogP) is 6.70. The van der Waals surface area contributed by atoms with Crippen LogP contribution in [0.2, 0.25) is 10.0 Å². The fourth-order valence-electron chi connectivity index (χ4n) is 2.70. The summed E-state index contributed by atoms with van der Waals surface area (Å²) in [6.45, 7) is 0. The van der Waals surface area contributed by atoms with E-state index >= 15 is 0 Å². The molecular weight excluding hydrogens is 405 g/mol. The number of hydrogen-bond donors (Lipinski definition) is 2. The minimum Gasteiger partial charge on any atom is -0.337 e. The first-order valence-electron chi connectivity index (χ1n) is 8.20. The molecule has 4 rings (SSSR count). The number of nitrogens with zero attached hydrogens (tertiary/aromatic N) is 2. The van der Waals surface area contributed by atoms with Crippen molar-refractivity contribution in [3.63, 3.8) is 0 Å². The third-order valence-corrected chi connectivity index (χ3v) is 4.34. The van der Waals surface area contributed by atoms with E-state index in [1.54, 1.807) is 30.3 Å². The standard InChI is InChI=1S/C20H12Cl2F2N4/c21-11-7-12(22)9-14(8-11)25-20-27-17-4-2-1-3-15(17)19(28-20)26-18-6-5-13(23)10-16(18)24/h1-10H,(H2,25,26,27,28). The summed E-state index contributed by atoms with van der Waals surface area (Å²) >= 11 is 12.1. The van der Waals surface area contributed by atoms with Crippen molar-refractivity contribution in [2.45, 2.75) is 0 Å². The highest BCUT2D eigenvalue weighted by molar-refractivity contribution is 6.35. The Morgan fingerprint density at radius 1 is 0.786 bits per heavy atom. The molecule has 8 heteroatoms. The van der Waals surface area contributed by atoms with Crippen LogP contribution in [0.15, 0.2) is 60.7 Å². The first-order valence-corrected chi connectivity index (χ1v) is 8.95. The van der Waals surface area contributed by atoms with E-state index < -0.39 is 11.6 Å². The lowest BCUT2D eigenvalue weighted by Crippen LogP contribution is -2.03. The molecule has 0 unspecified atom stereocenters. The second kappa shape index (κ2) is 7.58. The molecule has 28 heavy (non-hydrogen) atoms. The lowest BCUT2D eigenvalue weighted by atomic mass is 10.2. The Labute approximate surface area is 169 Å². The van der Waals surface area contributed by atoms with E-state index in [2.05, 4.69) is 20.6 Å². The van der Waals surface area contributed by atoms with Gasteiger partial charge < -0.3 is 10.6 Å². The first-order chi connectivity index (χ1) is 13.5. The average Bonchev–Trinajstić information content (AvgIpc) is 2.63. The summed E-state index contributed by atoms with van der Waals surface area (Å²) in [5.74, 6) is -0.747. The molecule has 4 nitrogen and oxygen atoms in total. The maximum absolute atomic E-state index is 14.1. The molecule has 0 saturated carbocycles. The van der Waals surface area contributed by atoms with Crippen LogP contribution in [0.5, 0.6) is 0 Å². The Hall–Kier alpha value is -2.96. The average molecular weight is 417 g/mol. The van der Waals surface area contributed by atoms with Gasteiger partial charge in [-0.3, -0.25) is 0 Å². The number of benzene rings is 3. The van der Waals surface area contributed by atoms with Crippen LogP contribution in [0, 0.1) is 11.6 Å². The van der Waals surface area contributed by atoms with Crippen molar-refractivity contribution in [1.29, 1.82) is 0 Å². The summed E-state index contributed by atoms with van der Waals surface area (Å²) in [6.07, 6.45) is 0. The fourth-order valence-corrected chi connectivity index (χ4v) is 3.23. The zero-order chi connectivity index (χ0) is 19.7. The molecular formula is C20H12Cl2F2N4. The molecule has 3 aromatic carbocycles. The summed E-state index contributed by atoms with van der Waals surface area (Å²) in [5.41, 5.74) is 1.34. The van der Waals surface area contributed by atoms with Crippen molar-refractivity contribution in [3.05, 3.63) is 82.3 Å². The predicted molar refractivity (Wildman–Crippen MR) is 109 cm³/mol. The van der Waals surface area contributed by atoms with Crippen molar-refractivity contribution >= 4 is 57.2 Å². The van der Waals surface area contributed by atoms with E-state index in [4.69, 9.17) is 23.2 Å². The second-order valence-corrected chi connectivity index (χ2v) is 6.82. The zero-order valence-corrected chi connectivity index (χ0v) is 15.7. The van der Waals surface area contributed by atoms with E-state index in [-0.39, 0.29) is 11.6 Å². The Morgan fingerprint density at radius 2 is 1.54 bits per heavy atom. The largest absolute Gasteiger partial charge is 0.337 e. The summed E-state index contributed by atoms with van der Waals surface area (Å²) < 4.78 is 27.3. The maximum atomic E-state index is 14.1. The molecule has 140 valence electrons. The topological polar surface area (TPSA) is 49.8 Å². The van der Waals surface area contributed by atoms with E-state index in [1.807, 2.05) is 12.1 Å². The van der Waals surface area contributed by atoms with Gasteiger partial charge in [-0.05, 0) is 42.5 Å². The van der Waals surface area contributed by atoms with Gasteiger partial charge in [0.15, 0.2) is 0 Å². The Bertz CT molecular complexity index is 1160. The van der Waals surface area contributed by atoms with Crippen LogP contribution >= 0.6 is 23.2 Å². The molecule has 1 heterocycles. The number of anilines is 4. The molecule has 0 fully saturated rings. The monoisotopic (exact) mass is 416 g/mol. The van der Waals surface area contributed by atoms with Gasteiger partial charge in [0.1, 0.15) is 17.5 Å². The number of nitrogens with one attached hydrogen (secondary N) is 2. The summed E-state index contributed by atoms with van der Waals surface area (Å²) in [6, 6.07) is 15.5. The molecule has 4 aromatic rings. The third-order valence-electron chi connectivity index (χ3n) is 3.91. The van der Waals surface area contributed by atoms with Gasteiger partial charge in [-0.25, -0.2) is 13.8 Å². The van der Waals surface area contributed by atoms with Crippen LogP contribution in [0.1, 0.15) is 0 Å². The van der Waals surface area contributed by atoms with Crippen molar-refractivity contribution in [1.82, 2.24) is 9.97 Å². The summed E-state index contributed by atoms with van der Waals surface area (Å²) in [4.78, 5) is 8.90. The van der Waals surface area contributed by atoms with Gasteiger partial charge in [-0.1, -0.05) is 35.3 Å². The van der Waals surface area contributed by atoms with E-state index in [1.165, 1.54) is 12.1 Å². The van der Waals surface area contributed by atoms with Crippen LogP contribution in [-0.4, -0.2) is 9.97 Å². The highest BCUT2D eigenvalue weighted by atomic mass is 35.5. The number of fused-ring (bicyclic) bond motifs is 1. The third kappa shape index (κ3) is 3.98. The fraction of sp³-hybridized carbons (Fsp3) is 0. The van der Waals surface area contributed by atoms with Gasteiger partial charge in [0.2, 0.25) is 5.95 Å². The highest BCUT2D eigenvalue weighted by Gasteiger charge is 2.11. The molecule has 0 bridgehead atoms. The van der Waals surface area contributed by atoms with Crippen molar-refractivity contribution < 1.29 is 8.78 Å². The summed E-state index contributed by atoms with van der Waals surface area (Å²) in [5, 5.41) is 7.55. The number of hydrogen-bond acceptors (Lipinski definition) is 4. The van der Waals surface area contributed by atoms with Gasteiger partial charge in [-0.15, -0.1) is 0 Å². The van der Waals surface area contributed by atoms with Crippen LogP contribution < -0.4 is 10.6 Å². The van der Waals surface area contributed by atoms with Crippen LogP contribution in [0.3, 0.4) is 0 Å². The molecule has 0 aliphatic rings. The minimum absolute atomic E-state index is 0.0991. The lowest BCUT2D eigenvalue weighted by molar-refractivity contribution is 0.586. The van der Waals surface area contributed by atoms with Crippen molar-refractivity contribution in [2.75, 3.05) is 10.6 Å². The highest BCUT2D eigenvalue weighted by Crippen LogP contribution is 2.29. The number of halogens is 4. The molecule has 0 radical (unpaired) electrons. The van der Waals surface area contributed by atoms with E-state index in [9.17, 15) is 8.78 Å². The van der Waals surface area contributed by atoms with Crippen molar-refractivity contribution in [2.24, 2.45) is 0 Å². The van der Waals surface area contributed by atoms with Crippen LogP contribution in [-0.2, 0) is 0 Å². The van der Waals surface area contributed by atoms with Crippen LogP contribution in [0.25, 0.3) is 10.9 Å². The molecule has 1 aromatic heterocycles. The molecule has 0 saturated heterocycles. The maximum Gasteiger partial charge on any atom is 0.229 e. The summed E-state index contributed by atoms with van der Waals surface area (Å²) in [7, 11) is 0. The smallest absolute Gasteiger partial charge is 0.229 e. The quantitative estimate of drug-likeness (QED) is 0.388. The lowest BCUT2D eigenvalue weighted by Gasteiger charge is -2.13. The molecule has 0 atom stereocenters. The zero-order valence-electron chi connectivity index (χ0n) is 14.2. The molecule has 0 amide bonds. The molecule has 0 aliphatic carbocycles. The SMILES string of the molecule is Fc1ccc(Nc2nc(Nc3cc(Cl)cc(Cl)c3)nc3ccccc23)c(F)c1. The first kappa shape index (κ1) is 18.4. The number of aromatic nitrogens is 2. The van der Waals surface area contributed by atoms with Crippen LogP contribution in [0.4, 0.5) is 31.9 Å². The molecule has 0 aliphatic heterocycles. The van der Waals surface area contributed by atoms with E-state index in [0.717, 1.165) is 6.07 Å². The Kier molecular flexibility index (Phi) is 4.98. The Morgan fingerprint density at radius 3 is 2.29 bits per heavy atom. The minimum atomic E-state index is -0.723. The van der Waals surface area contributed by atoms with Crippen molar-refractivity contribution in [3.8, 4) is 0 Å². The number of para-hydroxylation sites is 1. The normalized spacial score (nSPS) is 10.9. The van der Waals surface area contributed by atoms with Gasteiger partial charge in [0.25, 0.3) is 0 Å². The van der Waals surface area contributed by atoms with Gasteiger partial charge in [-0.2, -0.15) is 4.98 Å². The van der Waals surface area contributed by atoms with Gasteiger partial charge in [0.05, 0.1) is 11.2 Å². The van der Waals surface area contributed by atoms with Gasteiger partial charge in [0, 0.05) is 27.2 Å². The van der Waals surface area contributed by atoms with Gasteiger partial charge >= 0.3 is 0 Å².